The van der Waals surface area contributed by atoms with Gasteiger partial charge in [0.2, 0.25) is 0 Å². The molecule has 0 radical (unpaired) electrons. The van der Waals surface area contributed by atoms with Crippen molar-refractivity contribution in [3.63, 3.8) is 0 Å². The Morgan fingerprint density at radius 2 is 1.90 bits per heavy atom. The van der Waals surface area contributed by atoms with Crippen LogP contribution in [0, 0.1) is 5.92 Å². The first-order valence-electron chi connectivity index (χ1n) is 7.34. The predicted molar refractivity (Wildman–Crippen MR) is 77.1 cm³/mol. The molecule has 1 unspecified atom stereocenters. The van der Waals surface area contributed by atoms with Crippen LogP contribution in [0.25, 0.3) is 0 Å². The van der Waals surface area contributed by atoms with Crippen molar-refractivity contribution in [3.05, 3.63) is 0 Å². The highest BCUT2D eigenvalue weighted by atomic mass is 32.2. The third-order valence-corrected chi connectivity index (χ3v) is 6.69. The smallest absolute Gasteiger partial charge is 0.308 e. The Morgan fingerprint density at radius 3 is 2.35 bits per heavy atom. The second-order valence-corrected chi connectivity index (χ2v) is 8.20. The Hall–Kier alpha value is -0.620. The Bertz CT molecular complexity index is 421. The van der Waals surface area contributed by atoms with Crippen LogP contribution in [-0.2, 0) is 19.4 Å². The van der Waals surface area contributed by atoms with Gasteiger partial charge in [-0.1, -0.05) is 6.92 Å². The van der Waals surface area contributed by atoms with Gasteiger partial charge in [-0.25, -0.2) is 8.42 Å². The number of rotatable bonds is 6. The van der Waals surface area contributed by atoms with Gasteiger partial charge in [0.1, 0.15) is 0 Å². The normalized spacial score (nSPS) is 28.9. The molecule has 5 nitrogen and oxygen atoms in total. The summed E-state index contributed by atoms with van der Waals surface area (Å²) in [5, 5.41) is 10.0. The summed E-state index contributed by atoms with van der Waals surface area (Å²) in [6.45, 7) is 5.60. The summed E-state index contributed by atoms with van der Waals surface area (Å²) in [6, 6.07) is 0. The molecular weight excluding hydrogens is 280 g/mol. The van der Waals surface area contributed by atoms with Gasteiger partial charge in [0.15, 0.2) is 9.84 Å². The van der Waals surface area contributed by atoms with Crippen molar-refractivity contribution in [2.24, 2.45) is 5.92 Å². The molecule has 1 saturated carbocycles. The zero-order valence-corrected chi connectivity index (χ0v) is 13.4. The maximum absolute atomic E-state index is 12.1. The molecule has 0 saturated heterocycles. The summed E-state index contributed by atoms with van der Waals surface area (Å²) in [4.78, 5) is 11.6. The zero-order chi connectivity index (χ0) is 15.4. The van der Waals surface area contributed by atoms with Gasteiger partial charge in [0.05, 0.1) is 29.1 Å². The average Bonchev–Trinajstić information content (AvgIpc) is 2.37. The SMILES string of the molecule is CCOC(=O)C1CCC(O)(CS(=O)(=O)C(C)CC)CC1. The summed E-state index contributed by atoms with van der Waals surface area (Å²) in [7, 11) is -3.28. The molecule has 118 valence electrons. The molecule has 0 aliphatic heterocycles. The van der Waals surface area contributed by atoms with Crippen molar-refractivity contribution in [1.29, 1.82) is 0 Å². The van der Waals surface area contributed by atoms with Crippen LogP contribution in [0.3, 0.4) is 0 Å². The minimum Gasteiger partial charge on any atom is -0.466 e. The molecule has 0 amide bonds. The predicted octanol–water partition coefficient (Wildman–Crippen LogP) is 1.68. The summed E-state index contributed by atoms with van der Waals surface area (Å²) >= 11 is 0. The standard InChI is InChI=1S/C14H26O5S/c1-4-11(3)20(17,18)10-14(16)8-6-12(7-9-14)13(15)19-5-2/h11-12,16H,4-10H2,1-3H3. The third kappa shape index (κ3) is 4.45. The summed E-state index contributed by atoms with van der Waals surface area (Å²) in [5.41, 5.74) is -1.19. The molecular formula is C14H26O5S. The molecule has 1 aliphatic rings. The van der Waals surface area contributed by atoms with Crippen LogP contribution in [0.4, 0.5) is 0 Å². The molecule has 0 spiro atoms. The van der Waals surface area contributed by atoms with E-state index in [4.69, 9.17) is 4.74 Å². The quantitative estimate of drug-likeness (QED) is 0.755. The van der Waals surface area contributed by atoms with E-state index in [-0.39, 0.29) is 17.6 Å². The van der Waals surface area contributed by atoms with Crippen molar-refractivity contribution in [3.8, 4) is 0 Å². The minimum absolute atomic E-state index is 0.204. The highest BCUT2D eigenvalue weighted by Crippen LogP contribution is 2.34. The number of hydrogen-bond donors (Lipinski definition) is 1. The maximum Gasteiger partial charge on any atom is 0.308 e. The zero-order valence-electron chi connectivity index (χ0n) is 12.6. The van der Waals surface area contributed by atoms with E-state index < -0.39 is 20.7 Å². The Balaban J connectivity index is 2.61. The largest absolute Gasteiger partial charge is 0.466 e. The fraction of sp³-hybridized carbons (Fsp3) is 0.929. The van der Waals surface area contributed by atoms with Gasteiger partial charge in [0.25, 0.3) is 0 Å². The molecule has 0 aromatic heterocycles. The molecule has 1 fully saturated rings. The first-order chi connectivity index (χ1) is 9.24. The first kappa shape index (κ1) is 17.4. The fourth-order valence-electron chi connectivity index (χ4n) is 2.57. The lowest BCUT2D eigenvalue weighted by atomic mass is 9.80. The van der Waals surface area contributed by atoms with Crippen molar-refractivity contribution < 1.29 is 23.1 Å². The third-order valence-electron chi connectivity index (χ3n) is 4.19. The number of carbonyl (C=O) groups is 1. The second-order valence-electron chi connectivity index (χ2n) is 5.78. The Labute approximate surface area is 121 Å². The molecule has 0 aromatic carbocycles. The molecule has 6 heteroatoms. The highest BCUT2D eigenvalue weighted by Gasteiger charge is 2.40. The van der Waals surface area contributed by atoms with E-state index in [1.165, 1.54) is 0 Å². The minimum atomic E-state index is -3.28. The van der Waals surface area contributed by atoms with Gasteiger partial charge in [0, 0.05) is 0 Å². The highest BCUT2D eigenvalue weighted by molar-refractivity contribution is 7.92. The van der Waals surface area contributed by atoms with Crippen LogP contribution in [-0.4, -0.2) is 42.7 Å². The number of carbonyl (C=O) groups excluding carboxylic acids is 1. The van der Waals surface area contributed by atoms with Crippen LogP contribution in [0.15, 0.2) is 0 Å². The summed E-state index contributed by atoms with van der Waals surface area (Å²) in [6.07, 6.45) is 2.21. The number of sulfone groups is 1. The molecule has 1 aliphatic carbocycles. The van der Waals surface area contributed by atoms with Crippen LogP contribution in [0.5, 0.6) is 0 Å². The molecule has 1 N–H and O–H groups in total. The fourth-order valence-corrected chi connectivity index (χ4v) is 4.40. The van der Waals surface area contributed by atoms with Gasteiger partial charge >= 0.3 is 5.97 Å². The first-order valence-corrected chi connectivity index (χ1v) is 9.06. The lowest BCUT2D eigenvalue weighted by Gasteiger charge is -2.35. The van der Waals surface area contributed by atoms with Crippen LogP contribution in [0.1, 0.15) is 52.9 Å². The maximum atomic E-state index is 12.1. The Morgan fingerprint density at radius 1 is 1.35 bits per heavy atom. The van der Waals surface area contributed by atoms with E-state index in [1.807, 2.05) is 6.92 Å². The molecule has 20 heavy (non-hydrogen) atoms. The molecule has 0 bridgehead atoms. The van der Waals surface area contributed by atoms with Crippen LogP contribution in [0.2, 0.25) is 0 Å². The lowest BCUT2D eigenvalue weighted by Crippen LogP contribution is -2.44. The topological polar surface area (TPSA) is 80.7 Å². The number of esters is 1. The summed E-state index contributed by atoms with van der Waals surface area (Å²) in [5.74, 6) is -0.647. The van der Waals surface area contributed by atoms with E-state index in [2.05, 4.69) is 0 Å². The monoisotopic (exact) mass is 306 g/mol. The second kappa shape index (κ2) is 6.89. The number of ether oxygens (including phenoxy) is 1. The Kier molecular flexibility index (Phi) is 6.01. The van der Waals surface area contributed by atoms with Crippen molar-refractivity contribution in [2.45, 2.75) is 63.7 Å². The molecule has 0 aromatic rings. The van der Waals surface area contributed by atoms with Crippen molar-refractivity contribution in [1.82, 2.24) is 0 Å². The number of hydrogen-bond acceptors (Lipinski definition) is 5. The van der Waals surface area contributed by atoms with Crippen LogP contribution < -0.4 is 0 Å². The van der Waals surface area contributed by atoms with E-state index in [0.717, 1.165) is 0 Å². The average molecular weight is 306 g/mol. The van der Waals surface area contributed by atoms with Gasteiger partial charge in [-0.05, 0) is 46.0 Å². The van der Waals surface area contributed by atoms with Crippen molar-refractivity contribution >= 4 is 15.8 Å². The van der Waals surface area contributed by atoms with E-state index in [1.54, 1.807) is 13.8 Å². The molecule has 0 heterocycles. The van der Waals surface area contributed by atoms with Crippen LogP contribution >= 0.6 is 0 Å². The van der Waals surface area contributed by atoms with Gasteiger partial charge in [-0.2, -0.15) is 0 Å². The number of aliphatic hydroxyl groups is 1. The van der Waals surface area contributed by atoms with Gasteiger partial charge < -0.3 is 9.84 Å². The van der Waals surface area contributed by atoms with Gasteiger partial charge in [-0.3, -0.25) is 4.79 Å². The lowest BCUT2D eigenvalue weighted by molar-refractivity contribution is -0.150. The van der Waals surface area contributed by atoms with Gasteiger partial charge in [-0.15, -0.1) is 0 Å². The summed E-state index contributed by atoms with van der Waals surface area (Å²) < 4.78 is 29.2. The van der Waals surface area contributed by atoms with E-state index in [0.29, 0.717) is 38.7 Å². The van der Waals surface area contributed by atoms with E-state index >= 15 is 0 Å². The molecule has 1 rings (SSSR count). The van der Waals surface area contributed by atoms with E-state index in [9.17, 15) is 18.3 Å². The van der Waals surface area contributed by atoms with Crippen molar-refractivity contribution in [2.75, 3.05) is 12.4 Å². The molecule has 1 atom stereocenters.